The third-order valence-electron chi connectivity index (χ3n) is 2.06. The smallest absolute Gasteiger partial charge is 0.158 e. The molecular weight excluding hydrogens is 188 g/mol. The van der Waals surface area contributed by atoms with E-state index < -0.39 is 0 Å². The molecule has 0 spiro atoms. The maximum atomic E-state index is 5.55. The quantitative estimate of drug-likeness (QED) is 0.518. The zero-order valence-electron chi connectivity index (χ0n) is 8.09. The van der Waals surface area contributed by atoms with Crippen LogP contribution in [-0.2, 0) is 9.47 Å². The summed E-state index contributed by atoms with van der Waals surface area (Å²) in [6, 6.07) is 0. The molecule has 1 rings (SSSR count). The van der Waals surface area contributed by atoms with Crippen LogP contribution in [0.3, 0.4) is 0 Å². The number of hydrogen-bond acceptors (Lipinski definition) is 2. The molecule has 0 aromatic rings. The van der Waals surface area contributed by atoms with Crippen LogP contribution in [0.1, 0.15) is 26.2 Å². The molecule has 0 aliphatic carbocycles. The number of alkyl halides is 1. The molecule has 1 heterocycles. The summed E-state index contributed by atoms with van der Waals surface area (Å²) in [6.45, 7) is 3.49. The summed E-state index contributed by atoms with van der Waals surface area (Å²) in [5, 5.41) is 0. The molecule has 13 heavy (non-hydrogen) atoms. The van der Waals surface area contributed by atoms with Gasteiger partial charge in [0.05, 0.1) is 6.61 Å². The minimum absolute atomic E-state index is 0.00688. The summed E-state index contributed by atoms with van der Waals surface area (Å²) >= 11 is 5.55. The van der Waals surface area contributed by atoms with Gasteiger partial charge in [0.25, 0.3) is 0 Å². The molecule has 1 saturated heterocycles. The Hall–Kier alpha value is -0.0500. The average molecular weight is 205 g/mol. The van der Waals surface area contributed by atoms with Crippen LogP contribution in [0.25, 0.3) is 0 Å². The molecular formula is C10H17ClO2. The monoisotopic (exact) mass is 204 g/mol. The normalized spacial score (nSPS) is 24.8. The zero-order chi connectivity index (χ0) is 9.52. The fourth-order valence-electron chi connectivity index (χ4n) is 1.26. The molecule has 1 fully saturated rings. The number of rotatable bonds is 4. The predicted molar refractivity (Wildman–Crippen MR) is 54.0 cm³/mol. The SMILES string of the molecule is C/C(=C\CCl)COC1CCCCO1. The van der Waals surface area contributed by atoms with E-state index in [0.717, 1.165) is 19.4 Å². The van der Waals surface area contributed by atoms with Crippen molar-refractivity contribution in [1.82, 2.24) is 0 Å². The van der Waals surface area contributed by atoms with Crippen LogP contribution in [0.4, 0.5) is 0 Å². The second-order valence-electron chi connectivity index (χ2n) is 3.31. The van der Waals surface area contributed by atoms with Gasteiger partial charge in [0.1, 0.15) is 0 Å². The van der Waals surface area contributed by atoms with Gasteiger partial charge >= 0.3 is 0 Å². The Kier molecular flexibility index (Phi) is 5.44. The Morgan fingerprint density at radius 1 is 1.62 bits per heavy atom. The summed E-state index contributed by atoms with van der Waals surface area (Å²) in [6.07, 6.45) is 5.37. The average Bonchev–Trinajstić information content (AvgIpc) is 2.17. The van der Waals surface area contributed by atoms with Crippen LogP contribution >= 0.6 is 11.6 Å². The summed E-state index contributed by atoms with van der Waals surface area (Å²) in [7, 11) is 0. The summed E-state index contributed by atoms with van der Waals surface area (Å²) < 4.78 is 11.0. The topological polar surface area (TPSA) is 18.5 Å². The standard InChI is InChI=1S/C10H17ClO2/c1-9(5-6-11)8-13-10-4-2-3-7-12-10/h5,10H,2-4,6-8H2,1H3/b9-5+. The van der Waals surface area contributed by atoms with Crippen LogP contribution in [0.2, 0.25) is 0 Å². The Morgan fingerprint density at radius 3 is 3.08 bits per heavy atom. The first-order valence-electron chi connectivity index (χ1n) is 4.77. The molecule has 0 bridgehead atoms. The van der Waals surface area contributed by atoms with E-state index in [1.807, 2.05) is 13.0 Å². The van der Waals surface area contributed by atoms with Crippen LogP contribution in [0, 0.1) is 0 Å². The lowest BCUT2D eigenvalue weighted by Gasteiger charge is -2.22. The molecule has 0 radical (unpaired) electrons. The molecule has 0 amide bonds. The lowest BCUT2D eigenvalue weighted by atomic mass is 10.2. The zero-order valence-corrected chi connectivity index (χ0v) is 8.85. The highest BCUT2D eigenvalue weighted by Gasteiger charge is 2.13. The summed E-state index contributed by atoms with van der Waals surface area (Å²) in [5.41, 5.74) is 1.17. The maximum absolute atomic E-state index is 5.55. The Morgan fingerprint density at radius 2 is 2.46 bits per heavy atom. The van der Waals surface area contributed by atoms with E-state index in [0.29, 0.717) is 12.5 Å². The van der Waals surface area contributed by atoms with Crippen molar-refractivity contribution in [2.75, 3.05) is 19.1 Å². The van der Waals surface area contributed by atoms with E-state index in [2.05, 4.69) is 0 Å². The second-order valence-corrected chi connectivity index (χ2v) is 3.62. The van der Waals surface area contributed by atoms with Gasteiger partial charge in [0.2, 0.25) is 0 Å². The highest BCUT2D eigenvalue weighted by Crippen LogP contribution is 2.14. The second kappa shape index (κ2) is 6.41. The third kappa shape index (κ3) is 4.65. The van der Waals surface area contributed by atoms with Crippen LogP contribution in [0.5, 0.6) is 0 Å². The van der Waals surface area contributed by atoms with Gasteiger partial charge in [-0.1, -0.05) is 11.6 Å². The van der Waals surface area contributed by atoms with Gasteiger partial charge in [-0.3, -0.25) is 0 Å². The van der Waals surface area contributed by atoms with Crippen molar-refractivity contribution >= 4 is 11.6 Å². The molecule has 0 aromatic carbocycles. The molecule has 2 nitrogen and oxygen atoms in total. The minimum atomic E-state index is 0.00688. The molecule has 1 aliphatic rings. The number of ether oxygens (including phenoxy) is 2. The Bertz CT molecular complexity index is 162. The number of hydrogen-bond donors (Lipinski definition) is 0. The van der Waals surface area contributed by atoms with E-state index in [4.69, 9.17) is 21.1 Å². The summed E-state index contributed by atoms with van der Waals surface area (Å²) in [5.74, 6) is 0.556. The van der Waals surface area contributed by atoms with Gasteiger partial charge < -0.3 is 9.47 Å². The molecule has 3 heteroatoms. The Labute approximate surface area is 84.9 Å². The first kappa shape index (κ1) is 11.0. The van der Waals surface area contributed by atoms with Crippen molar-refractivity contribution in [3.63, 3.8) is 0 Å². The van der Waals surface area contributed by atoms with Crippen molar-refractivity contribution in [2.24, 2.45) is 0 Å². The highest BCUT2D eigenvalue weighted by molar-refractivity contribution is 6.18. The minimum Gasteiger partial charge on any atom is -0.353 e. The van der Waals surface area contributed by atoms with Crippen molar-refractivity contribution in [3.05, 3.63) is 11.6 Å². The molecule has 76 valence electrons. The van der Waals surface area contributed by atoms with E-state index >= 15 is 0 Å². The first-order valence-corrected chi connectivity index (χ1v) is 5.31. The third-order valence-corrected chi connectivity index (χ3v) is 2.21. The fourth-order valence-corrected chi connectivity index (χ4v) is 1.52. The van der Waals surface area contributed by atoms with Gasteiger partial charge in [-0.05, 0) is 26.2 Å². The number of allylic oxidation sites excluding steroid dienone is 1. The van der Waals surface area contributed by atoms with Crippen molar-refractivity contribution < 1.29 is 9.47 Å². The molecule has 0 aromatic heterocycles. The number of halogens is 1. The largest absolute Gasteiger partial charge is 0.353 e. The van der Waals surface area contributed by atoms with Gasteiger partial charge in [0, 0.05) is 12.5 Å². The van der Waals surface area contributed by atoms with E-state index in [9.17, 15) is 0 Å². The maximum Gasteiger partial charge on any atom is 0.158 e. The molecule has 0 saturated carbocycles. The van der Waals surface area contributed by atoms with Crippen LogP contribution in [0.15, 0.2) is 11.6 Å². The first-order chi connectivity index (χ1) is 6.33. The molecule has 1 aliphatic heterocycles. The Balaban J connectivity index is 2.13. The highest BCUT2D eigenvalue weighted by atomic mass is 35.5. The van der Waals surface area contributed by atoms with Crippen molar-refractivity contribution in [3.8, 4) is 0 Å². The van der Waals surface area contributed by atoms with Gasteiger partial charge in [-0.15, -0.1) is 11.6 Å². The van der Waals surface area contributed by atoms with Crippen molar-refractivity contribution in [1.29, 1.82) is 0 Å². The molecule has 1 unspecified atom stereocenters. The lowest BCUT2D eigenvalue weighted by Crippen LogP contribution is -2.22. The van der Waals surface area contributed by atoms with Crippen LogP contribution in [-0.4, -0.2) is 25.4 Å². The van der Waals surface area contributed by atoms with Gasteiger partial charge in [-0.2, -0.15) is 0 Å². The molecule has 1 atom stereocenters. The van der Waals surface area contributed by atoms with E-state index in [1.54, 1.807) is 0 Å². The van der Waals surface area contributed by atoms with Crippen molar-refractivity contribution in [2.45, 2.75) is 32.5 Å². The summed E-state index contributed by atoms with van der Waals surface area (Å²) in [4.78, 5) is 0. The predicted octanol–water partition coefficient (Wildman–Crippen LogP) is 2.71. The van der Waals surface area contributed by atoms with Gasteiger partial charge in [0.15, 0.2) is 6.29 Å². The molecule has 0 N–H and O–H groups in total. The fraction of sp³-hybridized carbons (Fsp3) is 0.800. The lowest BCUT2D eigenvalue weighted by molar-refractivity contribution is -0.156. The van der Waals surface area contributed by atoms with Crippen LogP contribution < -0.4 is 0 Å². The van der Waals surface area contributed by atoms with Gasteiger partial charge in [-0.25, -0.2) is 0 Å². The van der Waals surface area contributed by atoms with E-state index in [1.165, 1.54) is 12.0 Å². The van der Waals surface area contributed by atoms with E-state index in [-0.39, 0.29) is 6.29 Å².